The van der Waals surface area contributed by atoms with Gasteiger partial charge in [0.1, 0.15) is 0 Å². The summed E-state index contributed by atoms with van der Waals surface area (Å²) in [5, 5.41) is 9.75. The van der Waals surface area contributed by atoms with Crippen LogP contribution in [0.15, 0.2) is 12.1 Å². The monoisotopic (exact) mass is 348 g/mol. The highest BCUT2D eigenvalue weighted by Crippen LogP contribution is 2.25. The third-order valence-electron chi connectivity index (χ3n) is 4.90. The highest BCUT2D eigenvalue weighted by Gasteiger charge is 2.35. The molecule has 25 heavy (non-hydrogen) atoms. The predicted octanol–water partition coefficient (Wildman–Crippen LogP) is 0.872. The lowest BCUT2D eigenvalue weighted by Crippen LogP contribution is -2.35. The zero-order valence-corrected chi connectivity index (χ0v) is 16.2. The molecule has 140 valence electrons. The number of aromatic nitrogens is 1. The molecule has 2 unspecified atom stereocenters. The molecule has 2 heterocycles. The van der Waals surface area contributed by atoms with Crippen LogP contribution in [0, 0.1) is 25.7 Å². The Bertz CT molecular complexity index is 571. The largest absolute Gasteiger partial charge is 0.396 e. The van der Waals surface area contributed by atoms with Gasteiger partial charge in [-0.25, -0.2) is 0 Å². The summed E-state index contributed by atoms with van der Waals surface area (Å²) in [4.78, 5) is 23.5. The van der Waals surface area contributed by atoms with Crippen LogP contribution >= 0.6 is 0 Å². The molecule has 6 heteroatoms. The van der Waals surface area contributed by atoms with Gasteiger partial charge >= 0.3 is 0 Å². The van der Waals surface area contributed by atoms with E-state index in [-0.39, 0.29) is 18.4 Å². The topological polar surface area (TPSA) is 59.9 Å². The van der Waals surface area contributed by atoms with E-state index < -0.39 is 0 Å². The van der Waals surface area contributed by atoms with E-state index in [1.807, 2.05) is 30.9 Å². The number of aliphatic hydroxyl groups excluding tert-OH is 1. The first-order valence-electron chi connectivity index (χ1n) is 8.98. The van der Waals surface area contributed by atoms with Gasteiger partial charge in [-0.2, -0.15) is 0 Å². The summed E-state index contributed by atoms with van der Waals surface area (Å²) in [6.45, 7) is 8.17. The Balaban J connectivity index is 2.01. The molecule has 1 amide bonds. The van der Waals surface area contributed by atoms with Crippen molar-refractivity contribution in [1.82, 2.24) is 19.7 Å². The van der Waals surface area contributed by atoms with Crippen molar-refractivity contribution < 1.29 is 9.90 Å². The van der Waals surface area contributed by atoms with Crippen LogP contribution in [0.2, 0.25) is 0 Å². The Morgan fingerprint density at radius 1 is 1.16 bits per heavy atom. The molecule has 1 aromatic rings. The molecular formula is C19H32N4O2. The summed E-state index contributed by atoms with van der Waals surface area (Å²) in [5.74, 6) is 0.505. The van der Waals surface area contributed by atoms with Gasteiger partial charge in [-0.1, -0.05) is 0 Å². The van der Waals surface area contributed by atoms with Crippen LogP contribution in [0.3, 0.4) is 0 Å². The number of carbonyl (C=O) groups is 1. The number of aliphatic hydroxyl groups is 1. The highest BCUT2D eigenvalue weighted by atomic mass is 16.3. The van der Waals surface area contributed by atoms with E-state index in [4.69, 9.17) is 0 Å². The fourth-order valence-corrected chi connectivity index (χ4v) is 3.52. The Morgan fingerprint density at radius 3 is 2.32 bits per heavy atom. The van der Waals surface area contributed by atoms with Gasteiger partial charge in [-0.3, -0.25) is 9.78 Å². The molecule has 1 aliphatic rings. The average molecular weight is 348 g/mol. The number of aryl methyl sites for hydroxylation is 2. The van der Waals surface area contributed by atoms with Crippen molar-refractivity contribution in [3.8, 4) is 0 Å². The second-order valence-corrected chi connectivity index (χ2v) is 7.62. The van der Waals surface area contributed by atoms with E-state index in [1.54, 1.807) is 0 Å². The SMILES string of the molecule is Cc1cc(C(=O)N2CC(CO)C(CN(C)CCN(C)C)C2)cc(C)n1. The van der Waals surface area contributed by atoms with Crippen LogP contribution in [0.25, 0.3) is 0 Å². The maximum absolute atomic E-state index is 12.9. The number of hydrogen-bond acceptors (Lipinski definition) is 5. The first-order chi connectivity index (χ1) is 11.8. The molecular weight excluding hydrogens is 316 g/mol. The van der Waals surface area contributed by atoms with Gasteiger partial charge in [0.05, 0.1) is 0 Å². The minimum absolute atomic E-state index is 0.0468. The molecule has 1 N–H and O–H groups in total. The molecule has 0 spiro atoms. The number of rotatable bonds is 7. The average Bonchev–Trinajstić information content (AvgIpc) is 2.94. The number of amides is 1. The van der Waals surface area contributed by atoms with Crippen LogP contribution < -0.4 is 0 Å². The van der Waals surface area contributed by atoms with E-state index >= 15 is 0 Å². The number of pyridine rings is 1. The standard InChI is InChI=1S/C19H32N4O2/c1-14-8-16(9-15(2)20-14)19(25)23-11-17(18(12-23)13-24)10-22(5)7-6-21(3)4/h8-9,17-18,24H,6-7,10-13H2,1-5H3. The number of hydrogen-bond donors (Lipinski definition) is 1. The lowest BCUT2D eigenvalue weighted by molar-refractivity contribution is 0.0779. The van der Waals surface area contributed by atoms with Crippen LogP contribution in [0.5, 0.6) is 0 Å². The van der Waals surface area contributed by atoms with Crippen molar-refractivity contribution >= 4 is 5.91 Å². The maximum atomic E-state index is 12.9. The van der Waals surface area contributed by atoms with Gasteiger partial charge in [0.2, 0.25) is 0 Å². The smallest absolute Gasteiger partial charge is 0.254 e. The van der Waals surface area contributed by atoms with Crippen LogP contribution in [0.4, 0.5) is 0 Å². The first kappa shape index (κ1) is 19.8. The molecule has 2 atom stereocenters. The van der Waals surface area contributed by atoms with Crippen molar-refractivity contribution in [1.29, 1.82) is 0 Å². The van der Waals surface area contributed by atoms with E-state index in [0.29, 0.717) is 24.6 Å². The van der Waals surface area contributed by atoms with E-state index in [2.05, 4.69) is 35.9 Å². The lowest BCUT2D eigenvalue weighted by atomic mass is 9.96. The lowest BCUT2D eigenvalue weighted by Gasteiger charge is -2.25. The molecule has 0 aromatic carbocycles. The molecule has 0 aliphatic carbocycles. The zero-order valence-electron chi connectivity index (χ0n) is 16.2. The van der Waals surface area contributed by atoms with Crippen LogP contribution in [-0.4, -0.2) is 91.2 Å². The van der Waals surface area contributed by atoms with E-state index in [0.717, 1.165) is 31.0 Å². The van der Waals surface area contributed by atoms with Crippen molar-refractivity contribution in [2.45, 2.75) is 13.8 Å². The maximum Gasteiger partial charge on any atom is 0.254 e. The quantitative estimate of drug-likeness (QED) is 0.792. The molecule has 2 rings (SSSR count). The normalized spacial score (nSPS) is 20.7. The Kier molecular flexibility index (Phi) is 6.93. The summed E-state index contributed by atoms with van der Waals surface area (Å²) >= 11 is 0. The van der Waals surface area contributed by atoms with Gasteiger partial charge in [0.25, 0.3) is 5.91 Å². The van der Waals surface area contributed by atoms with Gasteiger partial charge < -0.3 is 19.8 Å². The highest BCUT2D eigenvalue weighted by molar-refractivity contribution is 5.94. The molecule has 6 nitrogen and oxygen atoms in total. The van der Waals surface area contributed by atoms with Gasteiger partial charge in [0.15, 0.2) is 0 Å². The molecule has 1 aromatic heterocycles. The van der Waals surface area contributed by atoms with Crippen LogP contribution in [0.1, 0.15) is 21.7 Å². The summed E-state index contributed by atoms with van der Waals surface area (Å²) in [6, 6.07) is 3.69. The number of likely N-dealkylation sites (tertiary alicyclic amines) is 1. The third kappa shape index (κ3) is 5.49. The summed E-state index contributed by atoms with van der Waals surface area (Å²) in [5.41, 5.74) is 2.42. The fraction of sp³-hybridized carbons (Fsp3) is 0.684. The van der Waals surface area contributed by atoms with Crippen LogP contribution in [-0.2, 0) is 0 Å². The molecule has 1 aliphatic heterocycles. The molecule has 0 saturated carbocycles. The molecule has 1 fully saturated rings. The van der Waals surface area contributed by atoms with Crippen molar-refractivity contribution in [2.75, 3.05) is 60.5 Å². The summed E-state index contributed by atoms with van der Waals surface area (Å²) < 4.78 is 0. The number of nitrogens with zero attached hydrogens (tertiary/aromatic N) is 4. The minimum atomic E-state index is 0.0468. The molecule has 0 radical (unpaired) electrons. The van der Waals surface area contributed by atoms with E-state index in [9.17, 15) is 9.90 Å². The first-order valence-corrected chi connectivity index (χ1v) is 8.98. The van der Waals surface area contributed by atoms with E-state index in [1.165, 1.54) is 0 Å². The van der Waals surface area contributed by atoms with Crippen molar-refractivity contribution in [2.24, 2.45) is 11.8 Å². The second-order valence-electron chi connectivity index (χ2n) is 7.62. The third-order valence-corrected chi connectivity index (χ3v) is 4.90. The summed E-state index contributed by atoms with van der Waals surface area (Å²) in [7, 11) is 6.25. The Labute approximate surface area is 151 Å². The molecule has 1 saturated heterocycles. The Morgan fingerprint density at radius 2 is 1.76 bits per heavy atom. The van der Waals surface area contributed by atoms with Gasteiger partial charge in [0, 0.05) is 62.2 Å². The fourth-order valence-electron chi connectivity index (χ4n) is 3.52. The predicted molar refractivity (Wildman–Crippen MR) is 99.7 cm³/mol. The zero-order chi connectivity index (χ0) is 18.6. The number of carbonyl (C=O) groups excluding carboxylic acids is 1. The van der Waals surface area contributed by atoms with Crippen molar-refractivity contribution in [3.05, 3.63) is 29.1 Å². The Hall–Kier alpha value is -1.50. The number of likely N-dealkylation sites (N-methyl/N-ethyl adjacent to an activating group) is 2. The van der Waals surface area contributed by atoms with Gasteiger partial charge in [-0.15, -0.1) is 0 Å². The summed E-state index contributed by atoms with van der Waals surface area (Å²) in [6.07, 6.45) is 0. The van der Waals surface area contributed by atoms with Crippen molar-refractivity contribution in [3.63, 3.8) is 0 Å². The van der Waals surface area contributed by atoms with Gasteiger partial charge in [-0.05, 0) is 53.0 Å². The molecule has 0 bridgehead atoms. The minimum Gasteiger partial charge on any atom is -0.396 e. The second kappa shape index (κ2) is 8.74.